The third-order valence-corrected chi connectivity index (χ3v) is 6.26. The molecule has 4 rings (SSSR count). The van der Waals surface area contributed by atoms with Crippen molar-refractivity contribution in [3.8, 4) is 0 Å². The lowest BCUT2D eigenvalue weighted by Gasteiger charge is -2.57. The van der Waals surface area contributed by atoms with Crippen molar-refractivity contribution in [2.75, 3.05) is 0 Å². The number of hydrogen-bond donors (Lipinski definition) is 1. The van der Waals surface area contributed by atoms with Gasteiger partial charge in [0.05, 0.1) is 4.99 Å². The molecule has 0 heterocycles. The first kappa shape index (κ1) is 14.8. The number of unbranched alkanes of at least 4 members (excludes halogenated alkanes) is 4. The molecule has 0 unspecified atom stereocenters. The van der Waals surface area contributed by atoms with Crippen LogP contribution in [0.2, 0.25) is 0 Å². The maximum absolute atomic E-state index is 5.66. The van der Waals surface area contributed by atoms with Gasteiger partial charge in [0.15, 0.2) is 0 Å². The van der Waals surface area contributed by atoms with Gasteiger partial charge in [-0.25, -0.2) is 0 Å². The molecule has 1 N–H and O–H groups in total. The molecule has 0 aromatic heterocycles. The lowest BCUT2D eigenvalue weighted by molar-refractivity contribution is -0.00997. The largest absolute Gasteiger partial charge is 0.374 e. The van der Waals surface area contributed by atoms with Crippen LogP contribution in [0, 0.1) is 17.8 Å². The fraction of sp³-hybridized carbons (Fsp3) is 0.944. The van der Waals surface area contributed by atoms with Crippen molar-refractivity contribution in [3.63, 3.8) is 0 Å². The molecule has 114 valence electrons. The van der Waals surface area contributed by atoms with Gasteiger partial charge < -0.3 is 5.32 Å². The van der Waals surface area contributed by atoms with E-state index < -0.39 is 0 Å². The van der Waals surface area contributed by atoms with E-state index in [-0.39, 0.29) is 0 Å². The second-order valence-corrected chi connectivity index (χ2v) is 8.40. The summed E-state index contributed by atoms with van der Waals surface area (Å²) in [5.41, 5.74) is 0.426. The van der Waals surface area contributed by atoms with Crippen molar-refractivity contribution >= 4 is 17.2 Å². The first-order valence-corrected chi connectivity index (χ1v) is 9.41. The van der Waals surface area contributed by atoms with Crippen molar-refractivity contribution in [1.29, 1.82) is 0 Å². The van der Waals surface area contributed by atoms with E-state index in [4.69, 9.17) is 12.2 Å². The van der Waals surface area contributed by atoms with Crippen LogP contribution in [0.1, 0.15) is 84.0 Å². The van der Waals surface area contributed by atoms with Crippen molar-refractivity contribution < 1.29 is 0 Å². The smallest absolute Gasteiger partial charge is 0.0757 e. The molecule has 20 heavy (non-hydrogen) atoms. The maximum atomic E-state index is 5.66. The molecule has 0 radical (unpaired) electrons. The Hall–Kier alpha value is -0.110. The Bertz CT molecular complexity index is 314. The Kier molecular flexibility index (Phi) is 4.69. The number of nitrogens with one attached hydrogen (secondary N) is 1. The molecular formula is C18H31NS. The van der Waals surface area contributed by atoms with Gasteiger partial charge in [-0.15, -0.1) is 0 Å². The minimum Gasteiger partial charge on any atom is -0.374 e. The SMILES string of the molecule is CCCCCCCC(=S)NC12CC3CC(CC(C3)C1)C2. The molecule has 4 aliphatic carbocycles. The van der Waals surface area contributed by atoms with Gasteiger partial charge in [-0.05, 0) is 69.1 Å². The van der Waals surface area contributed by atoms with Crippen LogP contribution in [-0.2, 0) is 0 Å². The predicted octanol–water partition coefficient (Wildman–Crippen LogP) is 5.23. The average molecular weight is 294 g/mol. The van der Waals surface area contributed by atoms with Crippen LogP contribution < -0.4 is 5.32 Å². The summed E-state index contributed by atoms with van der Waals surface area (Å²) in [5.74, 6) is 3.04. The Balaban J connectivity index is 1.44. The quantitative estimate of drug-likeness (QED) is 0.509. The second-order valence-electron chi connectivity index (χ2n) is 7.91. The normalized spacial score (nSPS) is 38.1. The van der Waals surface area contributed by atoms with Crippen molar-refractivity contribution in [3.05, 3.63) is 0 Å². The van der Waals surface area contributed by atoms with Crippen LogP contribution in [-0.4, -0.2) is 10.5 Å². The molecule has 0 aromatic rings. The highest BCUT2D eigenvalue weighted by Gasteiger charge is 2.50. The first-order valence-electron chi connectivity index (χ1n) is 9.00. The minimum absolute atomic E-state index is 0.426. The molecule has 4 aliphatic rings. The van der Waals surface area contributed by atoms with Crippen molar-refractivity contribution in [2.45, 2.75) is 89.5 Å². The summed E-state index contributed by atoms with van der Waals surface area (Å²) in [6, 6.07) is 0. The van der Waals surface area contributed by atoms with Crippen LogP contribution in [0.4, 0.5) is 0 Å². The van der Waals surface area contributed by atoms with Crippen molar-refractivity contribution in [1.82, 2.24) is 5.32 Å². The van der Waals surface area contributed by atoms with Gasteiger partial charge in [-0.2, -0.15) is 0 Å². The van der Waals surface area contributed by atoms with E-state index in [0.717, 1.165) is 24.2 Å². The molecule has 1 nitrogen and oxygen atoms in total. The molecule has 0 aromatic carbocycles. The monoisotopic (exact) mass is 293 g/mol. The van der Waals surface area contributed by atoms with Gasteiger partial charge in [0.25, 0.3) is 0 Å². The summed E-state index contributed by atoms with van der Waals surface area (Å²) in [4.78, 5) is 1.17. The van der Waals surface area contributed by atoms with Crippen LogP contribution in [0.5, 0.6) is 0 Å². The molecule has 0 saturated heterocycles. The third kappa shape index (κ3) is 3.37. The number of rotatable bonds is 7. The first-order chi connectivity index (χ1) is 9.69. The Labute approximate surface area is 130 Å². The summed E-state index contributed by atoms with van der Waals surface area (Å²) in [6.45, 7) is 2.28. The van der Waals surface area contributed by atoms with E-state index in [1.165, 1.54) is 75.6 Å². The van der Waals surface area contributed by atoms with Crippen LogP contribution in [0.3, 0.4) is 0 Å². The molecule has 0 aliphatic heterocycles. The van der Waals surface area contributed by atoms with Gasteiger partial charge in [-0.3, -0.25) is 0 Å². The zero-order valence-corrected chi connectivity index (χ0v) is 13.9. The Morgan fingerprint density at radius 1 is 0.950 bits per heavy atom. The summed E-state index contributed by atoms with van der Waals surface area (Å²) in [5, 5.41) is 3.85. The molecule has 4 saturated carbocycles. The average Bonchev–Trinajstić information content (AvgIpc) is 2.36. The van der Waals surface area contributed by atoms with Gasteiger partial charge in [0.1, 0.15) is 0 Å². The standard InChI is InChI=1S/C18H31NS/c1-2-3-4-5-6-7-17(20)19-18-11-14-8-15(12-18)10-16(9-14)13-18/h14-16H,2-13H2,1H3,(H,19,20). The zero-order valence-electron chi connectivity index (χ0n) is 13.1. The lowest BCUT2D eigenvalue weighted by Crippen LogP contribution is -2.59. The molecular weight excluding hydrogens is 262 g/mol. The van der Waals surface area contributed by atoms with Crippen LogP contribution in [0.15, 0.2) is 0 Å². The molecule has 4 bridgehead atoms. The lowest BCUT2D eigenvalue weighted by atomic mass is 9.53. The van der Waals surface area contributed by atoms with E-state index >= 15 is 0 Å². The number of hydrogen-bond acceptors (Lipinski definition) is 1. The van der Waals surface area contributed by atoms with Crippen LogP contribution in [0.25, 0.3) is 0 Å². The molecule has 0 spiro atoms. The molecule has 4 fully saturated rings. The summed E-state index contributed by atoms with van der Waals surface area (Å²) in [7, 11) is 0. The van der Waals surface area contributed by atoms with E-state index in [1.807, 2.05) is 0 Å². The highest BCUT2D eigenvalue weighted by molar-refractivity contribution is 7.80. The Morgan fingerprint density at radius 2 is 1.50 bits per heavy atom. The zero-order chi connectivity index (χ0) is 14.0. The summed E-state index contributed by atoms with van der Waals surface area (Å²) in [6.07, 6.45) is 16.7. The highest BCUT2D eigenvalue weighted by Crippen LogP contribution is 2.55. The molecule has 2 heteroatoms. The van der Waals surface area contributed by atoms with Crippen LogP contribution >= 0.6 is 12.2 Å². The van der Waals surface area contributed by atoms with E-state index in [1.54, 1.807) is 0 Å². The highest BCUT2D eigenvalue weighted by atomic mass is 32.1. The second kappa shape index (κ2) is 6.34. The predicted molar refractivity (Wildman–Crippen MR) is 90.0 cm³/mol. The molecule has 0 atom stereocenters. The fourth-order valence-electron chi connectivity index (χ4n) is 5.51. The van der Waals surface area contributed by atoms with Gasteiger partial charge in [0, 0.05) is 5.54 Å². The van der Waals surface area contributed by atoms with Gasteiger partial charge in [-0.1, -0.05) is 44.8 Å². The molecule has 0 amide bonds. The maximum Gasteiger partial charge on any atom is 0.0757 e. The van der Waals surface area contributed by atoms with Gasteiger partial charge in [0.2, 0.25) is 0 Å². The van der Waals surface area contributed by atoms with E-state index in [9.17, 15) is 0 Å². The van der Waals surface area contributed by atoms with Gasteiger partial charge >= 0.3 is 0 Å². The minimum atomic E-state index is 0.426. The summed E-state index contributed by atoms with van der Waals surface area (Å²) >= 11 is 5.66. The van der Waals surface area contributed by atoms with Crippen molar-refractivity contribution in [2.24, 2.45) is 17.8 Å². The topological polar surface area (TPSA) is 12.0 Å². The Morgan fingerprint density at radius 3 is 2.05 bits per heavy atom. The van der Waals surface area contributed by atoms with E-state index in [0.29, 0.717) is 5.54 Å². The van der Waals surface area contributed by atoms with E-state index in [2.05, 4.69) is 12.2 Å². The third-order valence-electron chi connectivity index (χ3n) is 5.95. The number of thiocarbonyl (C=S) groups is 1. The fourth-order valence-corrected chi connectivity index (χ4v) is 5.87. The summed E-state index contributed by atoms with van der Waals surface area (Å²) < 4.78 is 0.